The Bertz CT molecular complexity index is 508. The summed E-state index contributed by atoms with van der Waals surface area (Å²) in [6.45, 7) is 9.26. The molecule has 1 aromatic heterocycles. The van der Waals surface area contributed by atoms with Gasteiger partial charge in [-0.1, -0.05) is 20.8 Å². The Kier molecular flexibility index (Phi) is 3.71. The van der Waals surface area contributed by atoms with Crippen molar-refractivity contribution in [2.45, 2.75) is 33.1 Å². The van der Waals surface area contributed by atoms with Crippen LogP contribution in [0.2, 0.25) is 0 Å². The van der Waals surface area contributed by atoms with Crippen LogP contribution in [0, 0.1) is 0 Å². The molecule has 0 radical (unpaired) electrons. The molecule has 0 saturated heterocycles. The second-order valence-corrected chi connectivity index (χ2v) is 6.27. The molecule has 1 aromatic carbocycles. The quantitative estimate of drug-likeness (QED) is 0.811. The Morgan fingerprint density at radius 3 is 2.33 bits per heavy atom. The summed E-state index contributed by atoms with van der Waals surface area (Å²) in [4.78, 5) is 5.72. The van der Waals surface area contributed by atoms with Gasteiger partial charge in [-0.25, -0.2) is 4.98 Å². The van der Waals surface area contributed by atoms with Gasteiger partial charge in [-0.2, -0.15) is 0 Å². The van der Waals surface area contributed by atoms with Crippen LogP contribution in [0.5, 0.6) is 5.75 Å². The summed E-state index contributed by atoms with van der Waals surface area (Å²) in [6.07, 6.45) is 1.96. The van der Waals surface area contributed by atoms with Gasteiger partial charge in [0.25, 0.3) is 0 Å². The van der Waals surface area contributed by atoms with Crippen LogP contribution in [0.25, 0.3) is 10.4 Å². The number of thiazole rings is 1. The minimum Gasteiger partial charge on any atom is -0.494 e. The topological polar surface area (TPSA) is 22.1 Å². The van der Waals surface area contributed by atoms with Gasteiger partial charge in [-0.15, -0.1) is 11.3 Å². The maximum atomic E-state index is 5.44. The third kappa shape index (κ3) is 2.91. The molecule has 2 nitrogen and oxygen atoms in total. The zero-order valence-corrected chi connectivity index (χ0v) is 12.2. The van der Waals surface area contributed by atoms with Crippen molar-refractivity contribution >= 4 is 11.3 Å². The smallest absolute Gasteiger partial charge is 0.119 e. The average molecular weight is 261 g/mol. The van der Waals surface area contributed by atoms with Gasteiger partial charge in [0.2, 0.25) is 0 Å². The van der Waals surface area contributed by atoms with Crippen LogP contribution in [0.3, 0.4) is 0 Å². The number of rotatable bonds is 3. The Balaban J connectivity index is 2.23. The van der Waals surface area contributed by atoms with Crippen molar-refractivity contribution in [3.05, 3.63) is 35.5 Å². The van der Waals surface area contributed by atoms with Crippen molar-refractivity contribution in [2.24, 2.45) is 0 Å². The van der Waals surface area contributed by atoms with E-state index in [0.717, 1.165) is 5.75 Å². The first-order chi connectivity index (χ1) is 8.50. The average Bonchev–Trinajstić information content (AvgIpc) is 2.79. The van der Waals surface area contributed by atoms with Crippen molar-refractivity contribution in [1.82, 2.24) is 4.98 Å². The highest BCUT2D eigenvalue weighted by molar-refractivity contribution is 7.15. The normalized spacial score (nSPS) is 11.6. The third-order valence-electron chi connectivity index (χ3n) is 2.60. The highest BCUT2D eigenvalue weighted by atomic mass is 32.1. The molecule has 0 aliphatic heterocycles. The number of benzene rings is 1. The lowest BCUT2D eigenvalue weighted by molar-refractivity contribution is 0.340. The lowest BCUT2D eigenvalue weighted by Gasteiger charge is -2.13. The Morgan fingerprint density at radius 2 is 1.83 bits per heavy atom. The fourth-order valence-electron chi connectivity index (χ4n) is 1.64. The second kappa shape index (κ2) is 5.11. The third-order valence-corrected chi connectivity index (χ3v) is 4.07. The fraction of sp³-hybridized carbons (Fsp3) is 0.400. The maximum Gasteiger partial charge on any atom is 0.119 e. The lowest BCUT2D eigenvalue weighted by atomic mass is 9.98. The summed E-state index contributed by atoms with van der Waals surface area (Å²) in [5.74, 6) is 0.918. The summed E-state index contributed by atoms with van der Waals surface area (Å²) in [5, 5.41) is 1.17. The molecule has 96 valence electrons. The fourth-order valence-corrected chi connectivity index (χ4v) is 2.62. The maximum absolute atomic E-state index is 5.44. The standard InChI is InChI=1S/C15H19NOS/c1-5-17-12-8-6-11(7-9-12)13-10-16-14(18-13)15(2,3)4/h6-10H,5H2,1-4H3. The van der Waals surface area contributed by atoms with Crippen LogP contribution < -0.4 is 4.74 Å². The van der Waals surface area contributed by atoms with Gasteiger partial charge in [-0.05, 0) is 36.8 Å². The van der Waals surface area contributed by atoms with E-state index in [1.54, 1.807) is 11.3 Å². The molecule has 18 heavy (non-hydrogen) atoms. The zero-order valence-electron chi connectivity index (χ0n) is 11.4. The summed E-state index contributed by atoms with van der Waals surface area (Å²) < 4.78 is 5.44. The molecule has 1 heterocycles. The van der Waals surface area contributed by atoms with E-state index in [4.69, 9.17) is 4.74 Å². The van der Waals surface area contributed by atoms with Crippen LogP contribution in [0.1, 0.15) is 32.7 Å². The first-order valence-corrected chi connectivity index (χ1v) is 7.02. The molecular weight excluding hydrogens is 242 g/mol. The monoisotopic (exact) mass is 261 g/mol. The van der Waals surface area contributed by atoms with Gasteiger partial charge >= 0.3 is 0 Å². The predicted molar refractivity (Wildman–Crippen MR) is 77.4 cm³/mol. The molecule has 0 saturated carbocycles. The number of nitrogens with zero attached hydrogens (tertiary/aromatic N) is 1. The minimum atomic E-state index is 0.119. The van der Waals surface area contributed by atoms with E-state index in [-0.39, 0.29) is 5.41 Å². The van der Waals surface area contributed by atoms with Crippen LogP contribution in [-0.4, -0.2) is 11.6 Å². The first kappa shape index (κ1) is 13.1. The van der Waals surface area contributed by atoms with Gasteiger partial charge in [0, 0.05) is 11.6 Å². The van der Waals surface area contributed by atoms with Crippen LogP contribution in [0.15, 0.2) is 30.5 Å². The van der Waals surface area contributed by atoms with E-state index < -0.39 is 0 Å². The summed E-state index contributed by atoms with van der Waals surface area (Å²) in [6, 6.07) is 8.19. The van der Waals surface area contributed by atoms with E-state index in [1.165, 1.54) is 15.4 Å². The van der Waals surface area contributed by atoms with Crippen molar-refractivity contribution in [1.29, 1.82) is 0 Å². The summed E-state index contributed by atoms with van der Waals surface area (Å²) in [7, 11) is 0. The van der Waals surface area contributed by atoms with Gasteiger partial charge in [0.05, 0.1) is 16.5 Å². The van der Waals surface area contributed by atoms with Gasteiger partial charge in [-0.3, -0.25) is 0 Å². The molecular formula is C15H19NOS. The van der Waals surface area contributed by atoms with E-state index >= 15 is 0 Å². The van der Waals surface area contributed by atoms with Gasteiger partial charge in [0.15, 0.2) is 0 Å². The molecule has 0 bridgehead atoms. The SMILES string of the molecule is CCOc1ccc(-c2cnc(C(C)(C)C)s2)cc1. The van der Waals surface area contributed by atoms with Gasteiger partial charge in [0.1, 0.15) is 5.75 Å². The van der Waals surface area contributed by atoms with E-state index in [0.29, 0.717) is 6.61 Å². The van der Waals surface area contributed by atoms with E-state index in [9.17, 15) is 0 Å². The summed E-state index contributed by atoms with van der Waals surface area (Å²) in [5.41, 5.74) is 1.32. The lowest BCUT2D eigenvalue weighted by Crippen LogP contribution is -2.09. The van der Waals surface area contributed by atoms with Crippen molar-refractivity contribution in [3.63, 3.8) is 0 Å². The Labute approximate surface area is 113 Å². The molecule has 0 atom stereocenters. The Morgan fingerprint density at radius 1 is 1.17 bits per heavy atom. The molecule has 2 rings (SSSR count). The van der Waals surface area contributed by atoms with Gasteiger partial charge < -0.3 is 4.74 Å². The Hall–Kier alpha value is -1.35. The minimum absolute atomic E-state index is 0.119. The van der Waals surface area contributed by atoms with E-state index in [2.05, 4.69) is 37.9 Å². The molecule has 0 N–H and O–H groups in total. The van der Waals surface area contributed by atoms with Crippen molar-refractivity contribution in [3.8, 4) is 16.2 Å². The summed E-state index contributed by atoms with van der Waals surface area (Å²) >= 11 is 1.76. The highest BCUT2D eigenvalue weighted by Crippen LogP contribution is 2.33. The van der Waals surface area contributed by atoms with Crippen LogP contribution in [-0.2, 0) is 5.41 Å². The molecule has 0 unspecified atom stereocenters. The molecule has 2 aromatic rings. The van der Waals surface area contributed by atoms with Crippen molar-refractivity contribution in [2.75, 3.05) is 6.61 Å². The van der Waals surface area contributed by atoms with Crippen molar-refractivity contribution < 1.29 is 4.74 Å². The number of ether oxygens (including phenoxy) is 1. The second-order valence-electron chi connectivity index (χ2n) is 5.24. The predicted octanol–water partition coefficient (Wildman–Crippen LogP) is 4.51. The van der Waals surface area contributed by atoms with E-state index in [1.807, 2.05) is 25.3 Å². The van der Waals surface area contributed by atoms with Crippen LogP contribution in [0.4, 0.5) is 0 Å². The number of hydrogen-bond acceptors (Lipinski definition) is 3. The molecule has 0 aliphatic carbocycles. The largest absolute Gasteiger partial charge is 0.494 e. The molecule has 0 spiro atoms. The first-order valence-electron chi connectivity index (χ1n) is 6.20. The molecule has 3 heteroatoms. The highest BCUT2D eigenvalue weighted by Gasteiger charge is 2.18. The molecule has 0 aliphatic rings. The van der Waals surface area contributed by atoms with Crippen LogP contribution >= 0.6 is 11.3 Å². The zero-order chi connectivity index (χ0) is 13.2. The number of aromatic nitrogens is 1. The molecule has 0 amide bonds. The number of hydrogen-bond donors (Lipinski definition) is 0. The molecule has 0 fully saturated rings.